The van der Waals surface area contributed by atoms with Crippen molar-refractivity contribution in [3.05, 3.63) is 24.3 Å². The first-order valence-corrected chi connectivity index (χ1v) is 9.85. The van der Waals surface area contributed by atoms with Crippen molar-refractivity contribution in [2.45, 2.75) is 31.1 Å². The topological polar surface area (TPSA) is 93.4 Å². The van der Waals surface area contributed by atoms with Gasteiger partial charge in [0.25, 0.3) is 0 Å². The number of hydrogen-bond acceptors (Lipinski definition) is 4. The molecule has 1 unspecified atom stereocenters. The van der Waals surface area contributed by atoms with E-state index in [1.165, 1.54) is 11.8 Å². The normalized spacial score (nSPS) is 25.4. The number of hydrogen-bond donors (Lipinski definition) is 2. The molecule has 1 aliphatic carbocycles. The monoisotopic (exact) mass is 373 g/mol. The number of anilines is 1. The van der Waals surface area contributed by atoms with Crippen LogP contribution in [0, 0.1) is 28.6 Å². The Bertz CT molecular complexity index is 748. The molecule has 2 amide bonds. The Morgan fingerprint density at radius 2 is 2.27 bits per heavy atom. The van der Waals surface area contributed by atoms with Gasteiger partial charge in [0, 0.05) is 23.7 Å². The molecular weight excluding hydrogens is 350 g/mol. The van der Waals surface area contributed by atoms with E-state index in [0.29, 0.717) is 24.4 Å². The number of amides is 2. The van der Waals surface area contributed by atoms with E-state index < -0.39 is 11.4 Å². The fraction of sp³-hybridized carbons (Fsp3) is 0.526. The van der Waals surface area contributed by atoms with E-state index in [0.717, 1.165) is 17.7 Å². The van der Waals surface area contributed by atoms with Gasteiger partial charge in [-0.15, -0.1) is 11.8 Å². The number of likely N-dealkylation sites (tertiary alicyclic amines) is 1. The summed E-state index contributed by atoms with van der Waals surface area (Å²) in [5, 5.41) is 21.5. The summed E-state index contributed by atoms with van der Waals surface area (Å²) in [6.07, 6.45) is 2.44. The summed E-state index contributed by atoms with van der Waals surface area (Å²) in [7, 11) is 0. The highest BCUT2D eigenvalue weighted by Gasteiger charge is 2.55. The maximum atomic E-state index is 12.7. The van der Waals surface area contributed by atoms with E-state index in [1.54, 1.807) is 4.90 Å². The van der Waals surface area contributed by atoms with Crippen LogP contribution >= 0.6 is 11.8 Å². The zero-order valence-electron chi connectivity index (χ0n) is 14.8. The van der Waals surface area contributed by atoms with Crippen molar-refractivity contribution in [3.8, 4) is 6.07 Å². The van der Waals surface area contributed by atoms with Crippen molar-refractivity contribution in [1.29, 1.82) is 5.26 Å². The Labute approximate surface area is 157 Å². The lowest BCUT2D eigenvalue weighted by Crippen LogP contribution is -2.38. The molecule has 0 aromatic heterocycles. The molecule has 3 atom stereocenters. The van der Waals surface area contributed by atoms with Gasteiger partial charge in [-0.2, -0.15) is 5.26 Å². The highest BCUT2D eigenvalue weighted by molar-refractivity contribution is 7.99. The van der Waals surface area contributed by atoms with Crippen molar-refractivity contribution in [2.24, 2.45) is 17.3 Å². The van der Waals surface area contributed by atoms with Crippen molar-refractivity contribution in [2.75, 3.05) is 24.2 Å². The number of thioether (sulfide) groups is 1. The lowest BCUT2D eigenvalue weighted by atomic mass is 9.81. The third-order valence-corrected chi connectivity index (χ3v) is 6.76. The third kappa shape index (κ3) is 3.51. The number of carboxylic acid groups (broad SMARTS) is 1. The molecule has 3 rings (SSSR count). The summed E-state index contributed by atoms with van der Waals surface area (Å²) >= 11 is 1.54. The van der Waals surface area contributed by atoms with Crippen LogP contribution in [0.1, 0.15) is 26.2 Å². The molecule has 1 saturated heterocycles. The molecule has 2 aliphatic rings. The summed E-state index contributed by atoms with van der Waals surface area (Å²) < 4.78 is 0. The zero-order valence-corrected chi connectivity index (χ0v) is 15.6. The van der Waals surface area contributed by atoms with E-state index in [2.05, 4.69) is 11.4 Å². The van der Waals surface area contributed by atoms with Crippen LogP contribution in [0.2, 0.25) is 0 Å². The van der Waals surface area contributed by atoms with Crippen LogP contribution in [0.4, 0.5) is 10.5 Å². The molecule has 2 N–H and O–H groups in total. The number of fused-ring (bicyclic) bond motifs is 1. The second-order valence-corrected chi connectivity index (χ2v) is 8.26. The van der Waals surface area contributed by atoms with Crippen LogP contribution in [0.3, 0.4) is 0 Å². The number of nitrogens with zero attached hydrogens (tertiary/aromatic N) is 2. The van der Waals surface area contributed by atoms with E-state index in [4.69, 9.17) is 5.26 Å². The summed E-state index contributed by atoms with van der Waals surface area (Å²) in [5.41, 5.74) is -0.0672. The average Bonchev–Trinajstić information content (AvgIpc) is 3.19. The molecule has 2 fully saturated rings. The van der Waals surface area contributed by atoms with Crippen LogP contribution in [-0.2, 0) is 4.79 Å². The average molecular weight is 373 g/mol. The van der Waals surface area contributed by atoms with Gasteiger partial charge in [-0.3, -0.25) is 4.79 Å². The van der Waals surface area contributed by atoms with Gasteiger partial charge in [0.2, 0.25) is 0 Å². The Morgan fingerprint density at radius 1 is 1.50 bits per heavy atom. The van der Waals surface area contributed by atoms with E-state index in [1.807, 2.05) is 31.2 Å². The number of carbonyl (C=O) groups is 2. The summed E-state index contributed by atoms with van der Waals surface area (Å²) in [6.45, 7) is 2.64. The van der Waals surface area contributed by atoms with Gasteiger partial charge in [-0.1, -0.05) is 18.6 Å². The molecule has 1 saturated carbocycles. The molecule has 1 aromatic rings. The van der Waals surface area contributed by atoms with Crippen molar-refractivity contribution < 1.29 is 14.7 Å². The Kier molecular flexibility index (Phi) is 5.42. The first-order chi connectivity index (χ1) is 12.5. The van der Waals surface area contributed by atoms with Crippen LogP contribution in [0.5, 0.6) is 0 Å². The number of carboxylic acids is 1. The minimum absolute atomic E-state index is 0.0480. The molecule has 0 bridgehead atoms. The van der Waals surface area contributed by atoms with Crippen LogP contribution < -0.4 is 5.32 Å². The third-order valence-electron chi connectivity index (χ3n) is 5.42. The summed E-state index contributed by atoms with van der Waals surface area (Å²) in [4.78, 5) is 27.0. The standard InChI is InChI=1S/C19H23N3O3S/c1-13(9-20)11-26-16-7-3-2-6-15(16)21-18(25)22-10-14-5-4-8-19(14,12-22)17(23)24/h2-3,6-7,13-14H,4-5,8,10-12H2,1H3,(H,21,25)(H,23,24)/t13?,14-,19+/m0/s1. The van der Waals surface area contributed by atoms with Crippen molar-refractivity contribution in [1.82, 2.24) is 4.90 Å². The Morgan fingerprint density at radius 3 is 2.96 bits per heavy atom. The number of rotatable bonds is 5. The summed E-state index contributed by atoms with van der Waals surface area (Å²) in [6, 6.07) is 9.46. The Hall–Kier alpha value is -2.20. The summed E-state index contributed by atoms with van der Waals surface area (Å²) in [5.74, 6) is -0.155. The van der Waals surface area contributed by atoms with E-state index in [-0.39, 0.29) is 24.4 Å². The molecule has 138 valence electrons. The lowest BCUT2D eigenvalue weighted by molar-refractivity contribution is -0.149. The molecule has 26 heavy (non-hydrogen) atoms. The fourth-order valence-electron chi connectivity index (χ4n) is 3.94. The number of para-hydroxylation sites is 1. The quantitative estimate of drug-likeness (QED) is 0.768. The smallest absolute Gasteiger partial charge is 0.321 e. The highest BCUT2D eigenvalue weighted by Crippen LogP contribution is 2.49. The molecule has 7 heteroatoms. The minimum atomic E-state index is -0.781. The molecule has 1 heterocycles. The molecular formula is C19H23N3O3S. The van der Waals surface area contributed by atoms with Gasteiger partial charge in [-0.25, -0.2) is 4.79 Å². The first kappa shape index (κ1) is 18.6. The SMILES string of the molecule is CC(C#N)CSc1ccccc1NC(=O)N1C[C@@H]2CCC[C@@]2(C(=O)O)C1. The molecule has 1 aliphatic heterocycles. The first-order valence-electron chi connectivity index (χ1n) is 8.87. The second kappa shape index (κ2) is 7.58. The van der Waals surface area contributed by atoms with Gasteiger partial charge in [-0.05, 0) is 37.8 Å². The second-order valence-electron chi connectivity index (χ2n) is 7.20. The van der Waals surface area contributed by atoms with Gasteiger partial charge in [0.1, 0.15) is 0 Å². The van der Waals surface area contributed by atoms with Gasteiger partial charge in [0.15, 0.2) is 0 Å². The number of nitrogens with one attached hydrogen (secondary N) is 1. The van der Waals surface area contributed by atoms with E-state index >= 15 is 0 Å². The van der Waals surface area contributed by atoms with Crippen LogP contribution in [-0.4, -0.2) is 40.8 Å². The van der Waals surface area contributed by atoms with Crippen molar-refractivity contribution in [3.63, 3.8) is 0 Å². The highest BCUT2D eigenvalue weighted by atomic mass is 32.2. The predicted octanol–water partition coefficient (Wildman–Crippen LogP) is 3.66. The number of nitriles is 1. The number of carbonyl (C=O) groups excluding carboxylic acids is 1. The van der Waals surface area contributed by atoms with Crippen molar-refractivity contribution >= 4 is 29.4 Å². The predicted molar refractivity (Wildman–Crippen MR) is 99.9 cm³/mol. The van der Waals surface area contributed by atoms with Gasteiger partial charge in [0.05, 0.1) is 23.1 Å². The van der Waals surface area contributed by atoms with Crippen LogP contribution in [0.15, 0.2) is 29.2 Å². The largest absolute Gasteiger partial charge is 0.481 e. The molecule has 6 nitrogen and oxygen atoms in total. The van der Waals surface area contributed by atoms with Gasteiger partial charge < -0.3 is 15.3 Å². The number of aliphatic carboxylic acids is 1. The maximum Gasteiger partial charge on any atom is 0.321 e. The van der Waals surface area contributed by atoms with Gasteiger partial charge >= 0.3 is 12.0 Å². The molecule has 0 spiro atoms. The molecule has 0 radical (unpaired) electrons. The zero-order chi connectivity index (χ0) is 18.7. The number of benzene rings is 1. The maximum absolute atomic E-state index is 12.7. The van der Waals surface area contributed by atoms with E-state index in [9.17, 15) is 14.7 Å². The lowest BCUT2D eigenvalue weighted by Gasteiger charge is -2.23. The molecule has 1 aromatic carbocycles. The Balaban J connectivity index is 1.68. The van der Waals surface area contributed by atoms with Crippen LogP contribution in [0.25, 0.3) is 0 Å². The number of urea groups is 1. The fourth-order valence-corrected chi connectivity index (χ4v) is 4.89. The minimum Gasteiger partial charge on any atom is -0.481 e.